The average molecular weight is 610 g/mol. The lowest BCUT2D eigenvalue weighted by atomic mass is 10.1. The molecule has 3 heterocycles. The Hall–Kier alpha value is -3.08. The Labute approximate surface area is 246 Å². The number of rotatable bonds is 4. The van der Waals surface area contributed by atoms with Gasteiger partial charge >= 0.3 is 0 Å². The number of hydrogen-bond donors (Lipinski definition) is 1. The number of benzene rings is 2. The summed E-state index contributed by atoms with van der Waals surface area (Å²) < 4.78 is 28.8. The van der Waals surface area contributed by atoms with Gasteiger partial charge in [0.1, 0.15) is 14.1 Å². The molecule has 5 rings (SSSR count). The normalized spacial score (nSPS) is 18.5. The Morgan fingerprint density at radius 1 is 1.07 bits per heavy atom. The van der Waals surface area contributed by atoms with Crippen LogP contribution in [0.3, 0.4) is 0 Å². The molecule has 1 N–H and O–H groups in total. The summed E-state index contributed by atoms with van der Waals surface area (Å²) in [4.78, 5) is 35.9. The number of fused-ring (bicyclic) bond motifs is 2. The highest BCUT2D eigenvalue weighted by Gasteiger charge is 2.41. The van der Waals surface area contributed by atoms with E-state index in [-0.39, 0.29) is 30.4 Å². The second-order valence-corrected chi connectivity index (χ2v) is 19.4. The molecule has 1 fully saturated rings. The van der Waals surface area contributed by atoms with E-state index in [9.17, 15) is 18.0 Å². The van der Waals surface area contributed by atoms with E-state index in [1.807, 2.05) is 25.2 Å². The van der Waals surface area contributed by atoms with Gasteiger partial charge in [0.05, 0.1) is 10.6 Å². The van der Waals surface area contributed by atoms with Crippen molar-refractivity contribution < 1.29 is 18.0 Å². The third-order valence-electron chi connectivity index (χ3n) is 7.29. The highest BCUT2D eigenvalue weighted by Crippen LogP contribution is 2.28. The van der Waals surface area contributed by atoms with E-state index < -0.39 is 30.0 Å². The summed E-state index contributed by atoms with van der Waals surface area (Å²) in [5.41, 5.74) is 5.19. The van der Waals surface area contributed by atoms with Crippen molar-refractivity contribution in [1.82, 2.24) is 24.4 Å². The standard InChI is InChI=1S/C29H35N5O4S2Si/c1-30-27(35)25-18-33(13-14-34(25)29(36)28-31-24-10-12-32(2)19-26(24)39-28)40(37,38)23-9-8-21-16-20(6-7-22(21)17-23)11-15-41(3,4)5/h6-9,16-17,25H,10,12-14,18-19H2,1-5H3,(H,30,35). The molecule has 3 aromatic rings. The highest BCUT2D eigenvalue weighted by molar-refractivity contribution is 7.89. The molecule has 9 nitrogen and oxygen atoms in total. The maximum absolute atomic E-state index is 13.7. The second kappa shape index (κ2) is 11.3. The zero-order chi connectivity index (χ0) is 29.5. The molecule has 0 bridgehead atoms. The molecule has 0 saturated carbocycles. The molecule has 1 saturated heterocycles. The van der Waals surface area contributed by atoms with E-state index in [2.05, 4.69) is 46.3 Å². The van der Waals surface area contributed by atoms with Crippen LogP contribution < -0.4 is 5.32 Å². The van der Waals surface area contributed by atoms with Crippen LogP contribution in [0.2, 0.25) is 19.6 Å². The van der Waals surface area contributed by atoms with Crippen molar-refractivity contribution in [2.24, 2.45) is 0 Å². The highest BCUT2D eigenvalue weighted by atomic mass is 32.2. The van der Waals surface area contributed by atoms with Crippen LogP contribution >= 0.6 is 11.3 Å². The minimum atomic E-state index is -3.92. The van der Waals surface area contributed by atoms with Crippen molar-refractivity contribution in [3.05, 3.63) is 57.5 Å². The van der Waals surface area contributed by atoms with Crippen molar-refractivity contribution >= 4 is 52.0 Å². The Balaban J connectivity index is 1.38. The molecule has 0 spiro atoms. The molecule has 0 aliphatic carbocycles. The average Bonchev–Trinajstić information content (AvgIpc) is 3.37. The molecular formula is C29H35N5O4S2Si. The molecule has 2 aliphatic heterocycles. The summed E-state index contributed by atoms with van der Waals surface area (Å²) in [6.45, 7) is 8.22. The van der Waals surface area contributed by atoms with Crippen LogP contribution in [0, 0.1) is 11.5 Å². The van der Waals surface area contributed by atoms with E-state index in [4.69, 9.17) is 0 Å². The Bertz CT molecular complexity index is 1690. The van der Waals surface area contributed by atoms with E-state index >= 15 is 0 Å². The van der Waals surface area contributed by atoms with Gasteiger partial charge in [-0.25, -0.2) is 13.4 Å². The molecular weight excluding hydrogens is 575 g/mol. The Morgan fingerprint density at radius 2 is 1.80 bits per heavy atom. The smallest absolute Gasteiger partial charge is 0.283 e. The summed E-state index contributed by atoms with van der Waals surface area (Å²) in [5.74, 6) is 2.50. The van der Waals surface area contributed by atoms with Gasteiger partial charge in [-0.05, 0) is 42.1 Å². The predicted octanol–water partition coefficient (Wildman–Crippen LogP) is 2.77. The Kier molecular flexibility index (Phi) is 8.11. The number of carbonyl (C=O) groups excluding carboxylic acids is 2. The summed E-state index contributed by atoms with van der Waals surface area (Å²) in [6.07, 6.45) is 0.777. The van der Waals surface area contributed by atoms with Gasteiger partial charge < -0.3 is 15.1 Å². The number of thiazole rings is 1. The molecule has 0 radical (unpaired) electrons. The number of aromatic nitrogens is 1. The van der Waals surface area contributed by atoms with E-state index in [1.54, 1.807) is 18.2 Å². The van der Waals surface area contributed by atoms with Crippen molar-refractivity contribution in [2.45, 2.75) is 43.5 Å². The molecule has 2 aliphatic rings. The Morgan fingerprint density at radius 3 is 2.54 bits per heavy atom. The summed E-state index contributed by atoms with van der Waals surface area (Å²) >= 11 is 1.36. The molecule has 12 heteroatoms. The molecule has 1 aromatic heterocycles. The minimum absolute atomic E-state index is 0.0820. The first kappa shape index (κ1) is 29.4. The number of piperazine rings is 1. The van der Waals surface area contributed by atoms with Crippen LogP contribution in [0.1, 0.15) is 25.9 Å². The van der Waals surface area contributed by atoms with Crippen LogP contribution in [0.25, 0.3) is 10.8 Å². The van der Waals surface area contributed by atoms with Crippen molar-refractivity contribution in [1.29, 1.82) is 0 Å². The summed E-state index contributed by atoms with van der Waals surface area (Å²) in [5, 5.41) is 4.64. The first-order valence-electron chi connectivity index (χ1n) is 13.6. The van der Waals surface area contributed by atoms with Crippen LogP contribution in [0.4, 0.5) is 0 Å². The van der Waals surface area contributed by atoms with Gasteiger partial charge in [0, 0.05) is 56.6 Å². The molecule has 1 unspecified atom stereocenters. The van der Waals surface area contributed by atoms with Crippen LogP contribution in [-0.2, 0) is 27.8 Å². The topological polar surface area (TPSA) is 103 Å². The predicted molar refractivity (Wildman–Crippen MR) is 164 cm³/mol. The number of hydrogen-bond acceptors (Lipinski definition) is 7. The number of nitrogens with zero attached hydrogens (tertiary/aromatic N) is 4. The summed E-state index contributed by atoms with van der Waals surface area (Å²) in [7, 11) is -1.91. The van der Waals surface area contributed by atoms with Gasteiger partial charge in [0.15, 0.2) is 5.01 Å². The number of sulfonamides is 1. The first-order valence-corrected chi connectivity index (χ1v) is 19.4. The van der Waals surface area contributed by atoms with Gasteiger partial charge in [-0.2, -0.15) is 4.31 Å². The fraction of sp³-hybridized carbons (Fsp3) is 0.414. The largest absolute Gasteiger partial charge is 0.357 e. The number of nitrogens with one attached hydrogen (secondary N) is 1. The molecule has 41 heavy (non-hydrogen) atoms. The van der Waals surface area contributed by atoms with E-state index in [1.165, 1.54) is 27.6 Å². The van der Waals surface area contributed by atoms with Crippen LogP contribution in [0.5, 0.6) is 0 Å². The number of carbonyl (C=O) groups is 2. The molecule has 216 valence electrons. The lowest BCUT2D eigenvalue weighted by molar-refractivity contribution is -0.126. The van der Waals surface area contributed by atoms with E-state index in [0.29, 0.717) is 5.01 Å². The van der Waals surface area contributed by atoms with Gasteiger partial charge in [-0.1, -0.05) is 37.7 Å². The van der Waals surface area contributed by atoms with Gasteiger partial charge in [0.25, 0.3) is 5.91 Å². The van der Waals surface area contributed by atoms with Crippen LogP contribution in [-0.4, -0.2) is 93.7 Å². The van der Waals surface area contributed by atoms with Crippen molar-refractivity contribution in [3.63, 3.8) is 0 Å². The third kappa shape index (κ3) is 6.24. The third-order valence-corrected chi connectivity index (χ3v) is 11.1. The van der Waals surface area contributed by atoms with Crippen LogP contribution in [0.15, 0.2) is 41.3 Å². The second-order valence-electron chi connectivity index (χ2n) is 11.6. The molecule has 1 atom stereocenters. The SMILES string of the molecule is CNC(=O)C1CN(S(=O)(=O)c2ccc3cc(C#C[Si](C)(C)C)ccc3c2)CCN1C(=O)c1nc2c(s1)CN(C)CC2. The summed E-state index contributed by atoms with van der Waals surface area (Å²) in [6, 6.07) is 9.84. The molecule has 2 aromatic carbocycles. The van der Waals surface area contributed by atoms with Gasteiger partial charge in [-0.3, -0.25) is 9.59 Å². The number of amides is 2. The quantitative estimate of drug-likeness (QED) is 0.361. The maximum Gasteiger partial charge on any atom is 0.283 e. The van der Waals surface area contributed by atoms with E-state index in [0.717, 1.165) is 46.4 Å². The van der Waals surface area contributed by atoms with Gasteiger partial charge in [0.2, 0.25) is 15.9 Å². The van der Waals surface area contributed by atoms with Gasteiger partial charge in [-0.15, -0.1) is 16.9 Å². The fourth-order valence-corrected chi connectivity index (χ4v) is 8.16. The maximum atomic E-state index is 13.7. The number of likely N-dealkylation sites (N-methyl/N-ethyl adjacent to an activating group) is 2. The zero-order valence-corrected chi connectivity index (χ0v) is 26.7. The monoisotopic (exact) mass is 609 g/mol. The lowest BCUT2D eigenvalue weighted by Crippen LogP contribution is -2.61. The van der Waals surface area contributed by atoms with Crippen molar-refractivity contribution in [3.8, 4) is 11.5 Å². The first-order chi connectivity index (χ1) is 19.4. The minimum Gasteiger partial charge on any atom is -0.357 e. The lowest BCUT2D eigenvalue weighted by Gasteiger charge is -2.39. The fourth-order valence-electron chi connectivity index (χ4n) is 5.02. The zero-order valence-electron chi connectivity index (χ0n) is 24.0. The van der Waals surface area contributed by atoms with Crippen molar-refractivity contribution in [2.75, 3.05) is 40.3 Å². The molecule has 2 amide bonds.